The van der Waals surface area contributed by atoms with Crippen LogP contribution in [0.5, 0.6) is 0 Å². The number of aliphatic hydroxyl groups is 1. The molecule has 1 rings (SSSR count). The van der Waals surface area contributed by atoms with Crippen LogP contribution in [0.15, 0.2) is 23.8 Å². The fourth-order valence-corrected chi connectivity index (χ4v) is 3.08. The molecule has 0 saturated carbocycles. The smallest absolute Gasteiger partial charge is 0.316 e. The van der Waals surface area contributed by atoms with E-state index in [1.54, 1.807) is 19.9 Å². The van der Waals surface area contributed by atoms with E-state index >= 15 is 0 Å². The van der Waals surface area contributed by atoms with Crippen LogP contribution in [0, 0.1) is 17.8 Å². The summed E-state index contributed by atoms with van der Waals surface area (Å²) in [6.45, 7) is 10.2. The zero-order valence-corrected chi connectivity index (χ0v) is 16.0. The van der Waals surface area contributed by atoms with E-state index in [1.165, 1.54) is 26.0 Å². The Morgan fingerprint density at radius 2 is 1.84 bits per heavy atom. The Bertz CT molecular complexity index is 585. The number of carbonyl (C=O) groups excluding carboxylic acids is 3. The molecule has 1 aliphatic heterocycles. The molecule has 0 aromatic heterocycles. The molecule has 5 atom stereocenters. The first-order chi connectivity index (χ1) is 11.5. The van der Waals surface area contributed by atoms with Gasteiger partial charge in [-0.1, -0.05) is 26.8 Å². The van der Waals surface area contributed by atoms with Crippen LogP contribution in [0.1, 0.15) is 54.4 Å². The maximum atomic E-state index is 12.5. The van der Waals surface area contributed by atoms with E-state index in [2.05, 4.69) is 0 Å². The fraction of sp³-hybridized carbons (Fsp3) is 0.650. The third-order valence-electron chi connectivity index (χ3n) is 4.75. The predicted octanol–water partition coefficient (Wildman–Crippen LogP) is 3.01. The quantitative estimate of drug-likeness (QED) is 0.581. The molecule has 0 amide bonds. The van der Waals surface area contributed by atoms with Gasteiger partial charge >= 0.3 is 5.97 Å². The second-order valence-electron chi connectivity index (χ2n) is 7.34. The van der Waals surface area contributed by atoms with Crippen molar-refractivity contribution >= 4 is 17.5 Å². The third kappa shape index (κ3) is 5.63. The van der Waals surface area contributed by atoms with Crippen molar-refractivity contribution in [3.8, 4) is 0 Å². The summed E-state index contributed by atoms with van der Waals surface area (Å²) in [5.41, 5.74) is -0.993. The summed E-state index contributed by atoms with van der Waals surface area (Å²) in [5.74, 6) is -2.20. The molecule has 0 bridgehead atoms. The highest BCUT2D eigenvalue weighted by Gasteiger charge is 2.35. The normalized spacial score (nSPS) is 35.8. The SMILES string of the molecule is CCC1OC(=O)C(C)C(=O)C(C)=CC(C)CC(C)C(=O)C=CC1(C)O. The first-order valence-corrected chi connectivity index (χ1v) is 8.88. The summed E-state index contributed by atoms with van der Waals surface area (Å²) in [6, 6.07) is 0. The number of carbonyl (C=O) groups is 3. The molecule has 5 unspecified atom stereocenters. The van der Waals surface area contributed by atoms with Crippen molar-refractivity contribution in [2.75, 3.05) is 0 Å². The molecule has 0 aromatic carbocycles. The number of rotatable bonds is 1. The second kappa shape index (κ2) is 8.56. The molecule has 0 radical (unpaired) electrons. The monoisotopic (exact) mass is 350 g/mol. The molecule has 25 heavy (non-hydrogen) atoms. The average molecular weight is 350 g/mol. The van der Waals surface area contributed by atoms with Crippen LogP contribution in [0.2, 0.25) is 0 Å². The number of hydrogen-bond acceptors (Lipinski definition) is 5. The van der Waals surface area contributed by atoms with Crippen LogP contribution in [0.3, 0.4) is 0 Å². The number of allylic oxidation sites excluding steroid dienone is 3. The summed E-state index contributed by atoms with van der Waals surface area (Å²) in [6.07, 6.45) is 4.67. The standard InChI is InChI=1S/C20H30O5/c1-7-17-20(6,24)9-8-16(21)13(3)10-12(2)11-14(4)18(22)15(5)19(23)25-17/h8-9,11-13,15,17,24H,7,10H2,1-6H3. The van der Waals surface area contributed by atoms with Crippen LogP contribution in [-0.2, 0) is 19.1 Å². The minimum Gasteiger partial charge on any atom is -0.458 e. The molecule has 140 valence electrons. The highest BCUT2D eigenvalue weighted by atomic mass is 16.6. The van der Waals surface area contributed by atoms with E-state index in [1.807, 2.05) is 13.8 Å². The van der Waals surface area contributed by atoms with Gasteiger partial charge in [0.2, 0.25) is 0 Å². The highest BCUT2D eigenvalue weighted by Crippen LogP contribution is 2.23. The molecule has 0 saturated heterocycles. The first-order valence-electron chi connectivity index (χ1n) is 8.88. The Balaban J connectivity index is 3.26. The minimum absolute atomic E-state index is 0.0198. The minimum atomic E-state index is -1.48. The number of esters is 1. The van der Waals surface area contributed by atoms with Gasteiger partial charge in [0.1, 0.15) is 17.6 Å². The molecule has 1 heterocycles. The Morgan fingerprint density at radius 1 is 1.24 bits per heavy atom. The Labute approximate surface area is 150 Å². The lowest BCUT2D eigenvalue weighted by Crippen LogP contribution is -2.42. The van der Waals surface area contributed by atoms with Crippen molar-refractivity contribution < 1.29 is 24.2 Å². The van der Waals surface area contributed by atoms with Gasteiger partial charge in [-0.3, -0.25) is 14.4 Å². The average Bonchev–Trinajstić information content (AvgIpc) is 2.54. The molecule has 0 aromatic rings. The van der Waals surface area contributed by atoms with Crippen molar-refractivity contribution in [3.05, 3.63) is 23.8 Å². The van der Waals surface area contributed by atoms with E-state index in [0.29, 0.717) is 18.4 Å². The molecule has 0 spiro atoms. The molecule has 5 nitrogen and oxygen atoms in total. The molecule has 1 aliphatic rings. The molecular weight excluding hydrogens is 320 g/mol. The first kappa shape index (κ1) is 21.3. The molecule has 0 fully saturated rings. The lowest BCUT2D eigenvalue weighted by Gasteiger charge is -2.30. The van der Waals surface area contributed by atoms with Crippen LogP contribution < -0.4 is 0 Å². The molecule has 5 heteroatoms. The number of hydrogen-bond donors (Lipinski definition) is 1. The van der Waals surface area contributed by atoms with E-state index < -0.39 is 23.6 Å². The van der Waals surface area contributed by atoms with Gasteiger partial charge in [0.15, 0.2) is 11.6 Å². The lowest BCUT2D eigenvalue weighted by atomic mass is 9.88. The van der Waals surface area contributed by atoms with Crippen LogP contribution >= 0.6 is 0 Å². The van der Waals surface area contributed by atoms with Crippen molar-refractivity contribution in [1.82, 2.24) is 0 Å². The van der Waals surface area contributed by atoms with Crippen molar-refractivity contribution in [1.29, 1.82) is 0 Å². The Kier molecular flexibility index (Phi) is 7.29. The summed E-state index contributed by atoms with van der Waals surface area (Å²) >= 11 is 0. The Morgan fingerprint density at radius 3 is 2.40 bits per heavy atom. The maximum absolute atomic E-state index is 12.5. The summed E-state index contributed by atoms with van der Waals surface area (Å²) < 4.78 is 5.38. The van der Waals surface area contributed by atoms with Crippen LogP contribution in [-0.4, -0.2) is 34.3 Å². The van der Waals surface area contributed by atoms with Gasteiger partial charge in [0, 0.05) is 5.92 Å². The number of ether oxygens (including phenoxy) is 1. The van der Waals surface area contributed by atoms with Crippen molar-refractivity contribution in [2.45, 2.75) is 66.1 Å². The number of cyclic esters (lactones) is 1. The summed E-state index contributed by atoms with van der Waals surface area (Å²) in [7, 11) is 0. The van der Waals surface area contributed by atoms with E-state index in [0.717, 1.165) is 0 Å². The van der Waals surface area contributed by atoms with Gasteiger partial charge in [-0.15, -0.1) is 0 Å². The van der Waals surface area contributed by atoms with Gasteiger partial charge in [-0.05, 0) is 57.3 Å². The largest absolute Gasteiger partial charge is 0.458 e. The zero-order valence-electron chi connectivity index (χ0n) is 16.0. The second-order valence-corrected chi connectivity index (χ2v) is 7.34. The van der Waals surface area contributed by atoms with Crippen LogP contribution in [0.4, 0.5) is 0 Å². The van der Waals surface area contributed by atoms with Gasteiger partial charge in [0.05, 0.1) is 0 Å². The van der Waals surface area contributed by atoms with E-state index in [9.17, 15) is 19.5 Å². The summed E-state index contributed by atoms with van der Waals surface area (Å²) in [5, 5.41) is 10.6. The van der Waals surface area contributed by atoms with Gasteiger partial charge in [-0.25, -0.2) is 0 Å². The van der Waals surface area contributed by atoms with Crippen molar-refractivity contribution in [2.24, 2.45) is 17.8 Å². The number of ketones is 2. The molecule has 1 N–H and O–H groups in total. The van der Waals surface area contributed by atoms with Gasteiger partial charge < -0.3 is 9.84 Å². The number of Topliss-reactive ketones (excluding diaryl/α,β-unsaturated/α-hetero) is 1. The fourth-order valence-electron chi connectivity index (χ4n) is 3.08. The Hall–Kier alpha value is -1.75. The van der Waals surface area contributed by atoms with E-state index in [-0.39, 0.29) is 23.4 Å². The zero-order chi connectivity index (χ0) is 19.4. The molecular formula is C20H30O5. The highest BCUT2D eigenvalue weighted by molar-refractivity contribution is 6.07. The van der Waals surface area contributed by atoms with Gasteiger partial charge in [-0.2, -0.15) is 0 Å². The van der Waals surface area contributed by atoms with E-state index in [4.69, 9.17) is 4.74 Å². The van der Waals surface area contributed by atoms with Crippen LogP contribution in [0.25, 0.3) is 0 Å². The molecule has 0 aliphatic carbocycles. The van der Waals surface area contributed by atoms with Gasteiger partial charge in [0.25, 0.3) is 0 Å². The topological polar surface area (TPSA) is 80.7 Å². The maximum Gasteiger partial charge on any atom is 0.316 e. The van der Waals surface area contributed by atoms with Crippen molar-refractivity contribution in [3.63, 3.8) is 0 Å². The predicted molar refractivity (Wildman–Crippen MR) is 95.8 cm³/mol. The summed E-state index contributed by atoms with van der Waals surface area (Å²) in [4.78, 5) is 37.1. The lowest BCUT2D eigenvalue weighted by molar-refractivity contribution is -0.165. The third-order valence-corrected chi connectivity index (χ3v) is 4.75.